The van der Waals surface area contributed by atoms with E-state index < -0.39 is 15.7 Å². The topological polar surface area (TPSA) is 76.4 Å². The molecule has 0 fully saturated rings. The first-order valence-electron chi connectivity index (χ1n) is 7.66. The minimum absolute atomic E-state index is 0.0612. The Balaban J connectivity index is 1.85. The van der Waals surface area contributed by atoms with Crippen LogP contribution in [0.5, 0.6) is 0 Å². The van der Waals surface area contributed by atoms with Gasteiger partial charge in [-0.1, -0.05) is 35.9 Å². The normalized spacial score (nSPS) is 11.3. The van der Waals surface area contributed by atoms with Gasteiger partial charge < -0.3 is 9.73 Å². The second-order valence-corrected chi connectivity index (χ2v) is 7.58. The minimum atomic E-state index is -3.80. The SMILES string of the molecule is Cc1ccc(S(=O)(=O)c2ccc(C(=O)Nc3ccccc3C)o2)cc1. The van der Waals surface area contributed by atoms with Gasteiger partial charge in [-0.15, -0.1) is 0 Å². The number of aryl methyl sites for hydroxylation is 2. The monoisotopic (exact) mass is 355 g/mol. The summed E-state index contributed by atoms with van der Waals surface area (Å²) in [5.41, 5.74) is 2.50. The van der Waals surface area contributed by atoms with Crippen LogP contribution in [0.15, 0.2) is 75.1 Å². The molecule has 1 heterocycles. The highest BCUT2D eigenvalue weighted by Crippen LogP contribution is 2.24. The molecule has 1 N–H and O–H groups in total. The molecule has 0 aliphatic heterocycles. The van der Waals surface area contributed by atoms with Crippen molar-refractivity contribution in [2.24, 2.45) is 0 Å². The van der Waals surface area contributed by atoms with E-state index in [1.807, 2.05) is 26.0 Å². The first-order chi connectivity index (χ1) is 11.9. The van der Waals surface area contributed by atoms with Gasteiger partial charge in [0.2, 0.25) is 14.9 Å². The molecule has 0 saturated carbocycles. The molecule has 3 rings (SSSR count). The molecular weight excluding hydrogens is 338 g/mol. The molecule has 1 aromatic heterocycles. The number of hydrogen-bond acceptors (Lipinski definition) is 4. The smallest absolute Gasteiger partial charge is 0.291 e. The first-order valence-corrected chi connectivity index (χ1v) is 9.15. The van der Waals surface area contributed by atoms with Crippen molar-refractivity contribution in [2.75, 3.05) is 5.32 Å². The third-order valence-electron chi connectivity index (χ3n) is 3.79. The average Bonchev–Trinajstić information content (AvgIpc) is 3.08. The first kappa shape index (κ1) is 17.0. The summed E-state index contributed by atoms with van der Waals surface area (Å²) in [5, 5.41) is 2.45. The Bertz CT molecular complexity index is 1020. The van der Waals surface area contributed by atoms with Crippen LogP contribution in [-0.4, -0.2) is 14.3 Å². The lowest BCUT2D eigenvalue weighted by atomic mass is 10.2. The van der Waals surface area contributed by atoms with Gasteiger partial charge in [-0.25, -0.2) is 8.42 Å². The fourth-order valence-electron chi connectivity index (χ4n) is 2.32. The molecule has 0 spiro atoms. The van der Waals surface area contributed by atoms with Crippen LogP contribution < -0.4 is 5.32 Å². The summed E-state index contributed by atoms with van der Waals surface area (Å²) in [5.74, 6) is -0.561. The van der Waals surface area contributed by atoms with Gasteiger partial charge >= 0.3 is 0 Å². The zero-order valence-electron chi connectivity index (χ0n) is 13.8. The van der Waals surface area contributed by atoms with Gasteiger partial charge in [0.15, 0.2) is 5.76 Å². The van der Waals surface area contributed by atoms with Crippen LogP contribution in [0.4, 0.5) is 5.69 Å². The third-order valence-corrected chi connectivity index (χ3v) is 5.44. The molecule has 0 aliphatic carbocycles. The number of anilines is 1. The second-order valence-electron chi connectivity index (χ2n) is 5.70. The largest absolute Gasteiger partial charge is 0.439 e. The summed E-state index contributed by atoms with van der Waals surface area (Å²) in [6.07, 6.45) is 0. The maximum Gasteiger partial charge on any atom is 0.291 e. The second kappa shape index (κ2) is 6.57. The summed E-state index contributed by atoms with van der Waals surface area (Å²) in [6, 6.07) is 16.4. The molecule has 0 radical (unpaired) electrons. The Morgan fingerprint density at radius 1 is 0.920 bits per heavy atom. The van der Waals surface area contributed by atoms with Crippen molar-refractivity contribution in [3.63, 3.8) is 0 Å². The van der Waals surface area contributed by atoms with Crippen molar-refractivity contribution in [3.8, 4) is 0 Å². The van der Waals surface area contributed by atoms with Crippen LogP contribution in [0.25, 0.3) is 0 Å². The molecule has 0 atom stereocenters. The van der Waals surface area contributed by atoms with Crippen molar-refractivity contribution >= 4 is 21.4 Å². The Morgan fingerprint density at radius 2 is 1.60 bits per heavy atom. The van der Waals surface area contributed by atoms with Crippen molar-refractivity contribution in [1.29, 1.82) is 0 Å². The van der Waals surface area contributed by atoms with E-state index in [0.717, 1.165) is 11.1 Å². The number of furan rings is 1. The molecule has 0 unspecified atom stereocenters. The standard InChI is InChI=1S/C19H17NO4S/c1-13-7-9-15(10-8-13)25(22,23)18-12-11-17(24-18)19(21)20-16-6-4-3-5-14(16)2/h3-12H,1-2H3,(H,20,21). The van der Waals surface area contributed by atoms with Crippen molar-refractivity contribution < 1.29 is 17.6 Å². The van der Waals surface area contributed by atoms with Gasteiger partial charge in [0, 0.05) is 5.69 Å². The van der Waals surface area contributed by atoms with Crippen LogP contribution in [-0.2, 0) is 9.84 Å². The van der Waals surface area contributed by atoms with Gasteiger partial charge in [-0.2, -0.15) is 0 Å². The lowest BCUT2D eigenvalue weighted by Gasteiger charge is -2.06. The maximum absolute atomic E-state index is 12.6. The summed E-state index contributed by atoms with van der Waals surface area (Å²) >= 11 is 0. The molecule has 6 heteroatoms. The number of carbonyl (C=O) groups excluding carboxylic acids is 1. The number of hydrogen-bond donors (Lipinski definition) is 1. The predicted molar refractivity (Wildman–Crippen MR) is 94.5 cm³/mol. The molecule has 3 aromatic rings. The van der Waals surface area contributed by atoms with Crippen LogP contribution in [0.2, 0.25) is 0 Å². The van der Waals surface area contributed by atoms with Gasteiger partial charge in [-0.05, 0) is 49.7 Å². The van der Waals surface area contributed by atoms with E-state index in [1.165, 1.54) is 24.3 Å². The van der Waals surface area contributed by atoms with E-state index in [9.17, 15) is 13.2 Å². The number of nitrogens with one attached hydrogen (secondary N) is 1. The quantitative estimate of drug-likeness (QED) is 0.768. The minimum Gasteiger partial charge on any atom is -0.439 e. The number of amides is 1. The Labute approximate surface area is 146 Å². The zero-order valence-corrected chi connectivity index (χ0v) is 14.6. The highest BCUT2D eigenvalue weighted by atomic mass is 32.2. The van der Waals surface area contributed by atoms with Crippen molar-refractivity contribution in [1.82, 2.24) is 0 Å². The summed E-state index contributed by atoms with van der Waals surface area (Å²) < 4.78 is 30.4. The summed E-state index contributed by atoms with van der Waals surface area (Å²) in [4.78, 5) is 12.4. The fourth-order valence-corrected chi connectivity index (χ4v) is 3.49. The van der Waals surface area contributed by atoms with E-state index >= 15 is 0 Å². The van der Waals surface area contributed by atoms with Crippen molar-refractivity contribution in [2.45, 2.75) is 23.8 Å². The molecule has 25 heavy (non-hydrogen) atoms. The molecule has 1 amide bonds. The number of sulfone groups is 1. The Morgan fingerprint density at radius 3 is 2.28 bits per heavy atom. The number of benzene rings is 2. The zero-order chi connectivity index (χ0) is 18.0. The van der Waals surface area contributed by atoms with Crippen molar-refractivity contribution in [3.05, 3.63) is 77.6 Å². The van der Waals surface area contributed by atoms with E-state index in [-0.39, 0.29) is 15.7 Å². The van der Waals surface area contributed by atoms with E-state index in [0.29, 0.717) is 5.69 Å². The van der Waals surface area contributed by atoms with Gasteiger partial charge in [0.05, 0.1) is 4.90 Å². The van der Waals surface area contributed by atoms with Gasteiger partial charge in [0.25, 0.3) is 5.91 Å². The number of para-hydroxylation sites is 1. The van der Waals surface area contributed by atoms with Crippen LogP contribution in [0, 0.1) is 13.8 Å². The lowest BCUT2D eigenvalue weighted by molar-refractivity contribution is 0.0991. The van der Waals surface area contributed by atoms with Crippen LogP contribution in [0.1, 0.15) is 21.7 Å². The molecular formula is C19H17NO4S. The van der Waals surface area contributed by atoms with E-state index in [1.54, 1.807) is 24.3 Å². The van der Waals surface area contributed by atoms with Gasteiger partial charge in [0.1, 0.15) is 0 Å². The highest BCUT2D eigenvalue weighted by Gasteiger charge is 2.23. The molecule has 5 nitrogen and oxygen atoms in total. The number of carbonyl (C=O) groups is 1. The molecule has 0 aliphatic rings. The third kappa shape index (κ3) is 3.49. The fraction of sp³-hybridized carbons (Fsp3) is 0.105. The van der Waals surface area contributed by atoms with E-state index in [2.05, 4.69) is 5.32 Å². The molecule has 128 valence electrons. The molecule has 0 bridgehead atoms. The highest BCUT2D eigenvalue weighted by molar-refractivity contribution is 7.91. The van der Waals surface area contributed by atoms with Crippen LogP contribution in [0.3, 0.4) is 0 Å². The molecule has 0 saturated heterocycles. The predicted octanol–water partition coefficient (Wildman–Crippen LogP) is 3.98. The summed E-state index contributed by atoms with van der Waals surface area (Å²) in [7, 11) is -3.80. The van der Waals surface area contributed by atoms with Crippen LogP contribution >= 0.6 is 0 Å². The van der Waals surface area contributed by atoms with Gasteiger partial charge in [-0.3, -0.25) is 4.79 Å². The maximum atomic E-state index is 12.6. The average molecular weight is 355 g/mol. The Hall–Kier alpha value is -2.86. The lowest BCUT2D eigenvalue weighted by Crippen LogP contribution is -2.11. The molecule has 2 aromatic carbocycles. The number of rotatable bonds is 4. The summed E-state index contributed by atoms with van der Waals surface area (Å²) in [6.45, 7) is 3.74. The van der Waals surface area contributed by atoms with E-state index in [4.69, 9.17) is 4.42 Å². The Kier molecular flexibility index (Phi) is 4.46.